The molecule has 0 aliphatic carbocycles. The molecule has 0 fully saturated rings. The third-order valence-electron chi connectivity index (χ3n) is 2.19. The molecule has 0 amide bonds. The van der Waals surface area contributed by atoms with Crippen LogP contribution in [0.5, 0.6) is 0 Å². The van der Waals surface area contributed by atoms with Gasteiger partial charge in [0, 0.05) is 13.2 Å². The molecule has 7 nitrogen and oxygen atoms in total. The van der Waals surface area contributed by atoms with Crippen LogP contribution in [0.25, 0.3) is 11.4 Å². The second kappa shape index (κ2) is 3.76. The van der Waals surface area contributed by atoms with Gasteiger partial charge in [0.15, 0.2) is 5.82 Å². The van der Waals surface area contributed by atoms with Crippen molar-refractivity contribution in [3.8, 4) is 11.4 Å². The number of aliphatic carboxylic acids is 1. The van der Waals surface area contributed by atoms with E-state index in [1.807, 2.05) is 0 Å². The number of aryl methyl sites for hydroxylation is 2. The van der Waals surface area contributed by atoms with E-state index in [0.717, 1.165) is 5.56 Å². The van der Waals surface area contributed by atoms with Crippen molar-refractivity contribution in [3.05, 3.63) is 18.2 Å². The Morgan fingerprint density at radius 3 is 2.81 bits per heavy atom. The van der Waals surface area contributed by atoms with Gasteiger partial charge in [-0.1, -0.05) is 0 Å². The summed E-state index contributed by atoms with van der Waals surface area (Å²) in [7, 11) is 1.79. The molecule has 2 aromatic rings. The molecule has 16 heavy (non-hydrogen) atoms. The summed E-state index contributed by atoms with van der Waals surface area (Å²) in [6.45, 7) is 1.57. The van der Waals surface area contributed by atoms with Crippen molar-refractivity contribution in [1.29, 1.82) is 0 Å². The Morgan fingerprint density at radius 2 is 2.25 bits per heavy atom. The van der Waals surface area contributed by atoms with Gasteiger partial charge in [0.2, 0.25) is 0 Å². The Hall–Kier alpha value is -2.18. The highest BCUT2D eigenvalue weighted by Gasteiger charge is 2.14. The van der Waals surface area contributed by atoms with Gasteiger partial charge < -0.3 is 5.11 Å². The smallest absolute Gasteiger partial charge is 0.323 e. The summed E-state index contributed by atoms with van der Waals surface area (Å²) in [5.74, 6) is 0.169. The molecule has 0 aliphatic rings. The van der Waals surface area contributed by atoms with Crippen LogP contribution in [0.4, 0.5) is 0 Å². The minimum absolute atomic E-state index is 0.150. The zero-order chi connectivity index (χ0) is 11.7. The molecule has 2 heterocycles. The summed E-state index contributed by atoms with van der Waals surface area (Å²) in [6, 6.07) is 0. The first-order chi connectivity index (χ1) is 7.58. The van der Waals surface area contributed by atoms with Crippen molar-refractivity contribution in [1.82, 2.24) is 24.5 Å². The van der Waals surface area contributed by atoms with Crippen LogP contribution in [0.3, 0.4) is 0 Å². The van der Waals surface area contributed by atoms with E-state index in [4.69, 9.17) is 5.11 Å². The lowest BCUT2D eigenvalue weighted by Gasteiger charge is -2.02. The standard InChI is InChI=1S/C9H11N5O2/c1-6-11-12-9(14(6)5-8(15)16)7-3-10-13(2)4-7/h3-4H,5H2,1-2H3,(H,15,16). The maximum atomic E-state index is 10.7. The van der Waals surface area contributed by atoms with E-state index in [-0.39, 0.29) is 6.54 Å². The summed E-state index contributed by atoms with van der Waals surface area (Å²) in [5, 5.41) is 20.6. The number of nitrogens with zero attached hydrogens (tertiary/aromatic N) is 5. The molecule has 0 atom stereocenters. The zero-order valence-electron chi connectivity index (χ0n) is 8.95. The van der Waals surface area contributed by atoms with Gasteiger partial charge in [-0.25, -0.2) is 0 Å². The first-order valence-electron chi connectivity index (χ1n) is 4.68. The molecule has 7 heteroatoms. The Morgan fingerprint density at radius 1 is 1.50 bits per heavy atom. The molecule has 84 valence electrons. The van der Waals surface area contributed by atoms with Crippen LogP contribution >= 0.6 is 0 Å². The van der Waals surface area contributed by atoms with Crippen LogP contribution in [-0.4, -0.2) is 35.6 Å². The molecule has 0 aromatic carbocycles. The number of carbonyl (C=O) groups is 1. The van der Waals surface area contributed by atoms with E-state index < -0.39 is 5.97 Å². The molecular weight excluding hydrogens is 210 g/mol. The maximum absolute atomic E-state index is 10.7. The minimum Gasteiger partial charge on any atom is -0.480 e. The minimum atomic E-state index is -0.923. The Kier molecular flexibility index (Phi) is 2.43. The Bertz CT molecular complexity index is 528. The highest BCUT2D eigenvalue weighted by molar-refractivity contribution is 5.68. The Labute approximate surface area is 91.3 Å². The average Bonchev–Trinajstić information content (AvgIpc) is 2.75. The molecular formula is C9H11N5O2. The predicted octanol–water partition coefficient (Wildman–Crippen LogP) is 0.0716. The number of carboxylic acid groups (broad SMARTS) is 1. The van der Waals surface area contributed by atoms with Gasteiger partial charge in [-0.3, -0.25) is 14.0 Å². The first-order valence-corrected chi connectivity index (χ1v) is 4.68. The van der Waals surface area contributed by atoms with Crippen molar-refractivity contribution in [2.24, 2.45) is 7.05 Å². The predicted molar refractivity (Wildman–Crippen MR) is 54.6 cm³/mol. The van der Waals surface area contributed by atoms with Crippen LogP contribution in [0.2, 0.25) is 0 Å². The molecule has 0 aliphatic heterocycles. The zero-order valence-corrected chi connectivity index (χ0v) is 8.95. The molecule has 2 rings (SSSR count). The molecule has 0 bridgehead atoms. The van der Waals surface area contributed by atoms with Gasteiger partial charge in [-0.15, -0.1) is 10.2 Å². The largest absolute Gasteiger partial charge is 0.480 e. The van der Waals surface area contributed by atoms with Crippen LogP contribution in [0.15, 0.2) is 12.4 Å². The lowest BCUT2D eigenvalue weighted by molar-refractivity contribution is -0.137. The summed E-state index contributed by atoms with van der Waals surface area (Å²) >= 11 is 0. The van der Waals surface area contributed by atoms with Crippen molar-refractivity contribution in [2.45, 2.75) is 13.5 Å². The molecule has 0 saturated carbocycles. The van der Waals surface area contributed by atoms with Gasteiger partial charge in [0.1, 0.15) is 12.4 Å². The normalized spacial score (nSPS) is 10.6. The van der Waals surface area contributed by atoms with Crippen LogP contribution in [0.1, 0.15) is 5.82 Å². The van der Waals surface area contributed by atoms with Gasteiger partial charge in [0.05, 0.1) is 11.8 Å². The van der Waals surface area contributed by atoms with Crippen LogP contribution in [-0.2, 0) is 18.4 Å². The van der Waals surface area contributed by atoms with Gasteiger partial charge >= 0.3 is 5.97 Å². The summed E-state index contributed by atoms with van der Waals surface area (Å²) in [5.41, 5.74) is 0.754. The Balaban J connectivity index is 2.45. The van der Waals surface area contributed by atoms with Gasteiger partial charge in [0.25, 0.3) is 0 Å². The van der Waals surface area contributed by atoms with E-state index in [9.17, 15) is 4.79 Å². The maximum Gasteiger partial charge on any atom is 0.323 e. The third kappa shape index (κ3) is 1.79. The van der Waals surface area contributed by atoms with Crippen molar-refractivity contribution in [3.63, 3.8) is 0 Å². The fourth-order valence-electron chi connectivity index (χ4n) is 1.46. The van der Waals surface area contributed by atoms with E-state index in [1.165, 1.54) is 0 Å². The van der Waals surface area contributed by atoms with Gasteiger partial charge in [-0.2, -0.15) is 5.10 Å². The fourth-order valence-corrected chi connectivity index (χ4v) is 1.46. The second-order valence-electron chi connectivity index (χ2n) is 3.45. The summed E-state index contributed by atoms with van der Waals surface area (Å²) < 4.78 is 3.17. The third-order valence-corrected chi connectivity index (χ3v) is 2.19. The molecule has 0 unspecified atom stereocenters. The average molecular weight is 221 g/mol. The molecule has 0 radical (unpaired) electrons. The molecule has 1 N–H and O–H groups in total. The highest BCUT2D eigenvalue weighted by atomic mass is 16.4. The highest BCUT2D eigenvalue weighted by Crippen LogP contribution is 2.16. The van der Waals surface area contributed by atoms with Crippen LogP contribution < -0.4 is 0 Å². The number of aromatic nitrogens is 5. The van der Waals surface area contributed by atoms with E-state index in [0.29, 0.717) is 11.6 Å². The topological polar surface area (TPSA) is 85.8 Å². The first kappa shape index (κ1) is 10.3. The number of rotatable bonds is 3. The summed E-state index contributed by atoms with van der Waals surface area (Å²) in [4.78, 5) is 10.7. The second-order valence-corrected chi connectivity index (χ2v) is 3.45. The SMILES string of the molecule is Cc1nnc(-c2cnn(C)c2)n1CC(=O)O. The van der Waals surface area contributed by atoms with E-state index in [1.54, 1.807) is 35.6 Å². The van der Waals surface area contributed by atoms with Crippen molar-refractivity contribution < 1.29 is 9.90 Å². The molecule has 0 spiro atoms. The van der Waals surface area contributed by atoms with Gasteiger partial charge in [-0.05, 0) is 6.92 Å². The van der Waals surface area contributed by atoms with E-state index >= 15 is 0 Å². The number of carboxylic acids is 1. The lowest BCUT2D eigenvalue weighted by atomic mass is 10.3. The summed E-state index contributed by atoms with van der Waals surface area (Å²) in [6.07, 6.45) is 3.39. The number of hydrogen-bond donors (Lipinski definition) is 1. The quantitative estimate of drug-likeness (QED) is 0.792. The van der Waals surface area contributed by atoms with E-state index in [2.05, 4.69) is 15.3 Å². The number of hydrogen-bond acceptors (Lipinski definition) is 4. The molecule has 0 saturated heterocycles. The lowest BCUT2D eigenvalue weighted by Crippen LogP contribution is -2.11. The van der Waals surface area contributed by atoms with Crippen LogP contribution in [0, 0.1) is 6.92 Å². The van der Waals surface area contributed by atoms with Crippen molar-refractivity contribution >= 4 is 5.97 Å². The monoisotopic (exact) mass is 221 g/mol. The molecule has 2 aromatic heterocycles. The van der Waals surface area contributed by atoms with Crippen molar-refractivity contribution in [2.75, 3.05) is 0 Å². The fraction of sp³-hybridized carbons (Fsp3) is 0.333.